The molecule has 54 valence electrons. The summed E-state index contributed by atoms with van der Waals surface area (Å²) in [6.45, 7) is 3.70. The van der Waals surface area contributed by atoms with Crippen LogP contribution in [0, 0.1) is 0 Å². The van der Waals surface area contributed by atoms with Crippen LogP contribution in [0.15, 0.2) is 23.0 Å². The summed E-state index contributed by atoms with van der Waals surface area (Å²) in [5.74, 6) is 0. The molecule has 10 heavy (non-hydrogen) atoms. The monoisotopic (exact) mass is 138 g/mol. The zero-order valence-corrected chi connectivity index (χ0v) is 6.13. The Morgan fingerprint density at radius 2 is 2.30 bits per heavy atom. The maximum atomic E-state index is 10.5. The van der Waals surface area contributed by atoms with E-state index in [9.17, 15) is 4.79 Å². The molecule has 0 aliphatic heterocycles. The molecular weight excluding hydrogens is 128 g/mol. The molecule has 0 spiro atoms. The molecule has 0 unspecified atom stereocenters. The Kier molecular flexibility index (Phi) is 1.62. The van der Waals surface area contributed by atoms with Crippen LogP contribution in [0.5, 0.6) is 0 Å². The van der Waals surface area contributed by atoms with Crippen LogP contribution in [0.25, 0.3) is 0 Å². The highest BCUT2D eigenvalue weighted by Crippen LogP contribution is 2.19. The van der Waals surface area contributed by atoms with E-state index in [1.807, 2.05) is 13.8 Å². The van der Waals surface area contributed by atoms with Crippen molar-refractivity contribution in [2.24, 2.45) is 0 Å². The van der Waals surface area contributed by atoms with Gasteiger partial charge in [0.15, 0.2) is 0 Å². The first-order valence-electron chi connectivity index (χ1n) is 3.16. The molecule has 2 heteroatoms. The van der Waals surface area contributed by atoms with Crippen molar-refractivity contribution in [3.8, 4) is 0 Å². The summed E-state index contributed by atoms with van der Waals surface area (Å²) in [7, 11) is 0. The second kappa shape index (κ2) is 2.29. The van der Waals surface area contributed by atoms with Crippen LogP contribution in [0.4, 0.5) is 0 Å². The average Bonchev–Trinajstić information content (AvgIpc) is 2.38. The zero-order valence-electron chi connectivity index (χ0n) is 6.13. The van der Waals surface area contributed by atoms with E-state index in [0.717, 1.165) is 11.8 Å². The lowest BCUT2D eigenvalue weighted by atomic mass is 9.89. The number of aldehydes is 1. The van der Waals surface area contributed by atoms with Crippen molar-refractivity contribution in [2.45, 2.75) is 19.3 Å². The summed E-state index contributed by atoms with van der Waals surface area (Å²) in [5, 5.41) is 0. The fourth-order valence-corrected chi connectivity index (χ4v) is 0.699. The van der Waals surface area contributed by atoms with Crippen molar-refractivity contribution >= 4 is 6.29 Å². The van der Waals surface area contributed by atoms with Crippen molar-refractivity contribution in [2.75, 3.05) is 0 Å². The van der Waals surface area contributed by atoms with E-state index in [4.69, 9.17) is 4.42 Å². The number of rotatable bonds is 2. The fraction of sp³-hybridized carbons (Fsp3) is 0.375. The third-order valence-corrected chi connectivity index (χ3v) is 1.56. The van der Waals surface area contributed by atoms with E-state index in [1.54, 1.807) is 18.6 Å². The summed E-state index contributed by atoms with van der Waals surface area (Å²) in [6, 6.07) is 1.80. The van der Waals surface area contributed by atoms with E-state index in [1.165, 1.54) is 0 Å². The molecule has 1 rings (SSSR count). The molecule has 0 saturated heterocycles. The van der Waals surface area contributed by atoms with Gasteiger partial charge in [0.1, 0.15) is 6.29 Å². The molecule has 0 N–H and O–H groups in total. The largest absolute Gasteiger partial charge is 0.472 e. The molecule has 0 fully saturated rings. The van der Waals surface area contributed by atoms with E-state index in [-0.39, 0.29) is 0 Å². The minimum atomic E-state index is -0.410. The van der Waals surface area contributed by atoms with Gasteiger partial charge in [0.2, 0.25) is 0 Å². The molecule has 0 atom stereocenters. The standard InChI is InChI=1S/C8H10O2/c1-8(2,6-9)7-3-4-10-5-7/h3-6H,1-2H3. The Morgan fingerprint density at radius 3 is 2.70 bits per heavy atom. The second-order valence-electron chi connectivity index (χ2n) is 2.85. The third kappa shape index (κ3) is 1.10. The molecule has 0 bridgehead atoms. The van der Waals surface area contributed by atoms with E-state index in [2.05, 4.69) is 0 Å². The number of hydrogen-bond acceptors (Lipinski definition) is 2. The number of furan rings is 1. The fourth-order valence-electron chi connectivity index (χ4n) is 0.699. The molecular formula is C8H10O2. The summed E-state index contributed by atoms with van der Waals surface area (Å²) in [4.78, 5) is 10.5. The number of carbonyl (C=O) groups is 1. The van der Waals surface area contributed by atoms with Crippen molar-refractivity contribution in [1.82, 2.24) is 0 Å². The van der Waals surface area contributed by atoms with Crippen molar-refractivity contribution in [3.63, 3.8) is 0 Å². The lowest BCUT2D eigenvalue weighted by molar-refractivity contribution is -0.111. The van der Waals surface area contributed by atoms with Gasteiger partial charge in [-0.15, -0.1) is 0 Å². The van der Waals surface area contributed by atoms with Gasteiger partial charge in [-0.2, -0.15) is 0 Å². The summed E-state index contributed by atoms with van der Waals surface area (Å²) < 4.78 is 4.84. The van der Waals surface area contributed by atoms with Gasteiger partial charge < -0.3 is 9.21 Å². The molecule has 1 aromatic rings. The van der Waals surface area contributed by atoms with Crippen LogP contribution in [0.3, 0.4) is 0 Å². The minimum Gasteiger partial charge on any atom is -0.472 e. The van der Waals surface area contributed by atoms with Crippen molar-refractivity contribution in [3.05, 3.63) is 24.2 Å². The molecule has 0 amide bonds. The highest BCUT2D eigenvalue weighted by molar-refractivity contribution is 5.66. The molecule has 0 radical (unpaired) electrons. The Morgan fingerprint density at radius 1 is 1.60 bits per heavy atom. The Bertz CT molecular complexity index is 209. The molecule has 0 aliphatic carbocycles. The normalized spacial score (nSPS) is 11.4. The highest BCUT2D eigenvalue weighted by Gasteiger charge is 2.19. The van der Waals surface area contributed by atoms with Gasteiger partial charge in [-0.05, 0) is 19.9 Å². The maximum Gasteiger partial charge on any atom is 0.130 e. The molecule has 0 aromatic carbocycles. The smallest absolute Gasteiger partial charge is 0.130 e. The van der Waals surface area contributed by atoms with Crippen LogP contribution in [0.1, 0.15) is 19.4 Å². The predicted octanol–water partition coefficient (Wildman–Crippen LogP) is 1.76. The van der Waals surface area contributed by atoms with Gasteiger partial charge in [-0.25, -0.2) is 0 Å². The zero-order chi connectivity index (χ0) is 7.61. The highest BCUT2D eigenvalue weighted by atomic mass is 16.3. The second-order valence-corrected chi connectivity index (χ2v) is 2.85. The molecule has 2 nitrogen and oxygen atoms in total. The Labute approximate surface area is 59.8 Å². The van der Waals surface area contributed by atoms with Crippen molar-refractivity contribution < 1.29 is 9.21 Å². The first-order valence-corrected chi connectivity index (χ1v) is 3.16. The maximum absolute atomic E-state index is 10.5. The van der Waals surface area contributed by atoms with Gasteiger partial charge in [0, 0.05) is 11.0 Å². The molecule has 0 saturated carbocycles. The van der Waals surface area contributed by atoms with Crippen LogP contribution in [-0.2, 0) is 10.2 Å². The first-order chi connectivity index (χ1) is 4.67. The topological polar surface area (TPSA) is 30.2 Å². The number of hydrogen-bond donors (Lipinski definition) is 0. The first kappa shape index (κ1) is 7.06. The lowest BCUT2D eigenvalue weighted by Crippen LogP contribution is -2.17. The van der Waals surface area contributed by atoms with Gasteiger partial charge in [-0.3, -0.25) is 0 Å². The summed E-state index contributed by atoms with van der Waals surface area (Å²) in [5.41, 5.74) is 0.509. The summed E-state index contributed by atoms with van der Waals surface area (Å²) in [6.07, 6.45) is 4.08. The lowest BCUT2D eigenvalue weighted by Gasteiger charge is -2.12. The third-order valence-electron chi connectivity index (χ3n) is 1.56. The van der Waals surface area contributed by atoms with Crippen LogP contribution >= 0.6 is 0 Å². The van der Waals surface area contributed by atoms with Crippen LogP contribution in [0.2, 0.25) is 0 Å². The van der Waals surface area contributed by atoms with Gasteiger partial charge in [-0.1, -0.05) is 0 Å². The predicted molar refractivity (Wildman–Crippen MR) is 37.8 cm³/mol. The van der Waals surface area contributed by atoms with E-state index in [0.29, 0.717) is 0 Å². The number of carbonyl (C=O) groups excluding carboxylic acids is 1. The van der Waals surface area contributed by atoms with Gasteiger partial charge in [0.25, 0.3) is 0 Å². The van der Waals surface area contributed by atoms with Gasteiger partial charge >= 0.3 is 0 Å². The van der Waals surface area contributed by atoms with Crippen LogP contribution < -0.4 is 0 Å². The summed E-state index contributed by atoms with van der Waals surface area (Å²) >= 11 is 0. The van der Waals surface area contributed by atoms with Crippen molar-refractivity contribution in [1.29, 1.82) is 0 Å². The molecule has 1 aromatic heterocycles. The Hall–Kier alpha value is -1.05. The quantitative estimate of drug-likeness (QED) is 0.583. The SMILES string of the molecule is CC(C)(C=O)c1ccoc1. The molecule has 0 aliphatic rings. The molecule has 1 heterocycles. The van der Waals surface area contributed by atoms with E-state index >= 15 is 0 Å². The van der Waals surface area contributed by atoms with E-state index < -0.39 is 5.41 Å². The Balaban J connectivity index is 2.95. The van der Waals surface area contributed by atoms with Gasteiger partial charge in [0.05, 0.1) is 12.5 Å². The van der Waals surface area contributed by atoms with Crippen LogP contribution in [-0.4, -0.2) is 6.29 Å². The minimum absolute atomic E-state index is 0.410. The average molecular weight is 138 g/mol.